The highest BCUT2D eigenvalue weighted by atomic mass is 32.1. The highest BCUT2D eigenvalue weighted by Crippen LogP contribution is 2.25. The summed E-state index contributed by atoms with van der Waals surface area (Å²) in [7, 11) is 0. The van der Waals surface area contributed by atoms with E-state index in [-0.39, 0.29) is 25.3 Å². The van der Waals surface area contributed by atoms with E-state index in [4.69, 9.17) is 9.57 Å². The normalized spacial score (nSPS) is 13.4. The molecule has 0 radical (unpaired) electrons. The summed E-state index contributed by atoms with van der Waals surface area (Å²) in [6.07, 6.45) is 14.5. The molecule has 0 unspecified atom stereocenters. The average molecular weight is 573 g/mol. The van der Waals surface area contributed by atoms with Gasteiger partial charge in [-0.2, -0.15) is 0 Å². The minimum absolute atomic E-state index is 0.119. The number of morpholine rings is 1. The quantitative estimate of drug-likeness (QED) is 0.105. The number of aldehydes is 1. The summed E-state index contributed by atoms with van der Waals surface area (Å²) in [5.74, 6) is -1.09. The number of rotatable bonds is 19. The van der Waals surface area contributed by atoms with Crippen LogP contribution >= 0.6 is 11.3 Å². The minimum atomic E-state index is -0.969. The maximum Gasteiger partial charge on any atom is 0.390 e. The van der Waals surface area contributed by atoms with E-state index in [0.717, 1.165) is 41.5 Å². The first-order chi connectivity index (χ1) is 19.6. The Labute approximate surface area is 242 Å². The molecule has 0 aliphatic carbocycles. The van der Waals surface area contributed by atoms with Crippen molar-refractivity contribution in [2.24, 2.45) is 0 Å². The molecule has 1 aliphatic heterocycles. The van der Waals surface area contributed by atoms with E-state index in [1.54, 1.807) is 18.3 Å². The molecule has 1 saturated heterocycles. The molecule has 0 bridgehead atoms. The molecule has 2 aromatic rings. The van der Waals surface area contributed by atoms with E-state index < -0.39 is 5.97 Å². The number of carbonyl (C=O) groups excluding carboxylic acids is 3. The molecule has 0 atom stereocenters. The lowest BCUT2D eigenvalue weighted by molar-refractivity contribution is -0.194. The second-order valence-electron chi connectivity index (χ2n) is 10.2. The first kappa shape index (κ1) is 31.7. The Kier molecular flexibility index (Phi) is 14.7. The van der Waals surface area contributed by atoms with Gasteiger partial charge in [0.2, 0.25) is 6.29 Å². The first-order valence-electron chi connectivity index (χ1n) is 14.7. The van der Waals surface area contributed by atoms with Gasteiger partial charge < -0.3 is 19.8 Å². The molecular weight excluding hydrogens is 528 g/mol. The lowest BCUT2D eigenvalue weighted by Crippen LogP contribution is -2.36. The molecule has 0 spiro atoms. The molecule has 1 N–H and O–H groups in total. The summed E-state index contributed by atoms with van der Waals surface area (Å²) in [6.45, 7) is 6.30. The zero-order chi connectivity index (χ0) is 28.4. The standard InChI is InChI=1S/C30H44N4O5S/c1-2-3-4-5-6-7-8-9-10-11-15-31-29(37)26-14-12-13-25(20-26)22-34(39-28(36)24-35)23-27-21-32-30(40-27)33-16-18-38-19-17-33/h12-14,20-21,24H,2-11,15-19,22-23H2,1H3,(H,31,37). The van der Waals surface area contributed by atoms with Gasteiger partial charge in [-0.25, -0.2) is 9.78 Å². The Bertz CT molecular complexity index is 1040. The average Bonchev–Trinajstić information content (AvgIpc) is 3.44. The van der Waals surface area contributed by atoms with Gasteiger partial charge in [0.1, 0.15) is 0 Å². The number of hydroxylamine groups is 2. The fourth-order valence-corrected chi connectivity index (χ4v) is 5.61. The molecule has 1 fully saturated rings. The van der Waals surface area contributed by atoms with Crippen LogP contribution in [0.2, 0.25) is 0 Å². The van der Waals surface area contributed by atoms with Crippen LogP contribution in [0.3, 0.4) is 0 Å². The van der Waals surface area contributed by atoms with Crippen molar-refractivity contribution >= 4 is 34.6 Å². The molecule has 1 aromatic carbocycles. The molecule has 3 rings (SSSR count). The van der Waals surface area contributed by atoms with Crippen molar-refractivity contribution in [3.63, 3.8) is 0 Å². The number of benzene rings is 1. The summed E-state index contributed by atoms with van der Waals surface area (Å²) < 4.78 is 5.41. The van der Waals surface area contributed by atoms with Gasteiger partial charge in [-0.3, -0.25) is 9.59 Å². The van der Waals surface area contributed by atoms with Crippen LogP contribution in [0.4, 0.5) is 5.13 Å². The third-order valence-corrected chi connectivity index (χ3v) is 7.88. The monoisotopic (exact) mass is 572 g/mol. The molecule has 1 aromatic heterocycles. The van der Waals surface area contributed by atoms with Crippen molar-refractivity contribution in [1.82, 2.24) is 15.4 Å². The summed E-state index contributed by atoms with van der Waals surface area (Å²) in [5.41, 5.74) is 1.35. The van der Waals surface area contributed by atoms with Crippen LogP contribution < -0.4 is 10.2 Å². The highest BCUT2D eigenvalue weighted by molar-refractivity contribution is 7.15. The van der Waals surface area contributed by atoms with Gasteiger partial charge >= 0.3 is 5.97 Å². The number of carbonyl (C=O) groups is 3. The SMILES string of the molecule is CCCCCCCCCCCCNC(=O)c1cccc(CN(Cc2cnc(N3CCOCC3)s2)OC(=O)C=O)c1. The fraction of sp³-hybridized carbons (Fsp3) is 0.600. The van der Waals surface area contributed by atoms with Crippen molar-refractivity contribution in [3.05, 3.63) is 46.5 Å². The maximum atomic E-state index is 12.7. The van der Waals surface area contributed by atoms with Gasteiger partial charge in [0, 0.05) is 36.3 Å². The lowest BCUT2D eigenvalue weighted by atomic mass is 10.1. The van der Waals surface area contributed by atoms with Gasteiger partial charge in [-0.1, -0.05) is 76.8 Å². The number of aromatic nitrogens is 1. The van der Waals surface area contributed by atoms with Crippen molar-refractivity contribution < 1.29 is 24.0 Å². The molecule has 10 heteroatoms. The van der Waals surface area contributed by atoms with Gasteiger partial charge in [0.15, 0.2) is 5.13 Å². The van der Waals surface area contributed by atoms with Gasteiger partial charge in [0.25, 0.3) is 5.91 Å². The number of thiazole rings is 1. The van der Waals surface area contributed by atoms with Crippen molar-refractivity contribution in [3.8, 4) is 0 Å². The van der Waals surface area contributed by atoms with Crippen molar-refractivity contribution in [2.75, 3.05) is 37.7 Å². The van der Waals surface area contributed by atoms with Crippen LogP contribution in [0, 0.1) is 0 Å². The van der Waals surface area contributed by atoms with E-state index in [2.05, 4.69) is 22.1 Å². The number of amides is 1. The summed E-state index contributed by atoms with van der Waals surface area (Å²) >= 11 is 1.52. The minimum Gasteiger partial charge on any atom is -0.378 e. The lowest BCUT2D eigenvalue weighted by Gasteiger charge is -2.26. The first-order valence-corrected chi connectivity index (χ1v) is 15.5. The summed E-state index contributed by atoms with van der Waals surface area (Å²) in [5, 5.41) is 5.33. The highest BCUT2D eigenvalue weighted by Gasteiger charge is 2.19. The predicted octanol–water partition coefficient (Wildman–Crippen LogP) is 5.29. The van der Waals surface area contributed by atoms with Crippen LogP contribution in [0.15, 0.2) is 30.5 Å². The van der Waals surface area contributed by atoms with Crippen LogP contribution in [0.25, 0.3) is 0 Å². The van der Waals surface area contributed by atoms with Crippen molar-refractivity contribution in [2.45, 2.75) is 84.2 Å². The number of nitrogens with one attached hydrogen (secondary N) is 1. The zero-order valence-corrected chi connectivity index (χ0v) is 24.6. The van der Waals surface area contributed by atoms with E-state index in [0.29, 0.717) is 25.3 Å². The molecule has 40 heavy (non-hydrogen) atoms. The summed E-state index contributed by atoms with van der Waals surface area (Å²) in [4.78, 5) is 48.3. The molecule has 1 amide bonds. The number of anilines is 1. The van der Waals surface area contributed by atoms with Crippen LogP contribution in [0.1, 0.15) is 91.9 Å². The van der Waals surface area contributed by atoms with Crippen LogP contribution in [0.5, 0.6) is 0 Å². The topological polar surface area (TPSA) is 101 Å². The Morgan fingerprint density at radius 3 is 2.45 bits per heavy atom. The number of hydrogen-bond acceptors (Lipinski definition) is 9. The van der Waals surface area contributed by atoms with Crippen LogP contribution in [-0.2, 0) is 32.3 Å². The second-order valence-corrected chi connectivity index (χ2v) is 11.3. The zero-order valence-electron chi connectivity index (χ0n) is 23.8. The van der Waals surface area contributed by atoms with E-state index in [9.17, 15) is 14.4 Å². The van der Waals surface area contributed by atoms with Crippen LogP contribution in [-0.4, -0.2) is 61.1 Å². The Balaban J connectivity index is 1.45. The maximum absolute atomic E-state index is 12.7. The third-order valence-electron chi connectivity index (χ3n) is 6.83. The van der Waals surface area contributed by atoms with Crippen molar-refractivity contribution in [1.29, 1.82) is 0 Å². The van der Waals surface area contributed by atoms with Gasteiger partial charge in [-0.15, -0.1) is 16.4 Å². The number of nitrogens with zero attached hydrogens (tertiary/aromatic N) is 3. The van der Waals surface area contributed by atoms with Gasteiger partial charge in [-0.05, 0) is 24.1 Å². The molecule has 2 heterocycles. The molecule has 0 saturated carbocycles. The molecule has 1 aliphatic rings. The number of unbranched alkanes of at least 4 members (excludes halogenated alkanes) is 9. The molecular formula is C30H44N4O5S. The third kappa shape index (κ3) is 11.7. The second kappa shape index (κ2) is 18.5. The molecule has 220 valence electrons. The van der Waals surface area contributed by atoms with E-state index >= 15 is 0 Å². The fourth-order valence-electron chi connectivity index (χ4n) is 4.65. The smallest absolute Gasteiger partial charge is 0.378 e. The summed E-state index contributed by atoms with van der Waals surface area (Å²) in [6, 6.07) is 7.25. The van der Waals surface area contributed by atoms with E-state index in [1.165, 1.54) is 67.8 Å². The van der Waals surface area contributed by atoms with Gasteiger partial charge in [0.05, 0.1) is 26.3 Å². The predicted molar refractivity (Wildman–Crippen MR) is 157 cm³/mol. The number of hydrogen-bond donors (Lipinski definition) is 1. The van der Waals surface area contributed by atoms with E-state index in [1.807, 2.05) is 12.1 Å². The Morgan fingerprint density at radius 1 is 1.05 bits per heavy atom. The Hall–Kier alpha value is -2.82. The number of ether oxygens (including phenoxy) is 1. The largest absolute Gasteiger partial charge is 0.390 e. The molecule has 9 nitrogen and oxygen atoms in total. The Morgan fingerprint density at radius 2 is 1.75 bits per heavy atom.